The molecule has 1 saturated heterocycles. The molecule has 2 aromatic rings. The van der Waals surface area contributed by atoms with Crippen LogP contribution >= 0.6 is 11.6 Å². The normalized spacial score (nSPS) is 15.9. The molecule has 1 aliphatic heterocycles. The van der Waals surface area contributed by atoms with Gasteiger partial charge < -0.3 is 16.0 Å². The Labute approximate surface area is 178 Å². The molecule has 3 rings (SSSR count). The Morgan fingerprint density at radius 2 is 1.93 bits per heavy atom. The first-order valence-corrected chi connectivity index (χ1v) is 9.75. The minimum absolute atomic E-state index is 0.102. The van der Waals surface area contributed by atoms with Crippen LogP contribution in [0, 0.1) is 6.92 Å². The van der Waals surface area contributed by atoms with Crippen molar-refractivity contribution in [1.29, 1.82) is 0 Å². The molecule has 0 saturated carbocycles. The number of imide groups is 1. The van der Waals surface area contributed by atoms with Crippen molar-refractivity contribution in [1.82, 2.24) is 16.0 Å². The van der Waals surface area contributed by atoms with Gasteiger partial charge in [-0.25, -0.2) is 4.79 Å². The number of nitrogens with one attached hydrogen (secondary N) is 4. The lowest BCUT2D eigenvalue weighted by atomic mass is 10.0. The Morgan fingerprint density at radius 3 is 2.67 bits per heavy atom. The highest BCUT2D eigenvalue weighted by Crippen LogP contribution is 2.20. The van der Waals surface area contributed by atoms with Gasteiger partial charge in [0.25, 0.3) is 5.91 Å². The van der Waals surface area contributed by atoms with Crippen LogP contribution in [-0.4, -0.2) is 29.8 Å². The number of amides is 5. The fourth-order valence-corrected chi connectivity index (χ4v) is 3.17. The SMILES string of the molecule is Cc1ccc(NC(=O)NCc2ccccc2C(=O)NC2CCC(=O)NC2=O)cc1Cl. The second-order valence-corrected chi connectivity index (χ2v) is 7.31. The zero-order valence-corrected chi connectivity index (χ0v) is 17.0. The van der Waals surface area contributed by atoms with Crippen LogP contribution in [0.15, 0.2) is 42.5 Å². The maximum absolute atomic E-state index is 12.6. The second-order valence-electron chi connectivity index (χ2n) is 6.91. The van der Waals surface area contributed by atoms with Gasteiger partial charge in [-0.2, -0.15) is 0 Å². The van der Waals surface area contributed by atoms with Crippen molar-refractivity contribution in [2.75, 3.05) is 5.32 Å². The molecule has 5 amide bonds. The highest BCUT2D eigenvalue weighted by Gasteiger charge is 2.28. The fraction of sp³-hybridized carbons (Fsp3) is 0.238. The van der Waals surface area contributed by atoms with E-state index < -0.39 is 23.9 Å². The molecule has 0 bridgehead atoms. The van der Waals surface area contributed by atoms with E-state index in [-0.39, 0.29) is 25.3 Å². The topological polar surface area (TPSA) is 116 Å². The number of halogens is 1. The average molecular weight is 429 g/mol. The van der Waals surface area contributed by atoms with E-state index in [1.807, 2.05) is 6.92 Å². The van der Waals surface area contributed by atoms with Crippen molar-refractivity contribution in [3.05, 3.63) is 64.2 Å². The van der Waals surface area contributed by atoms with Crippen LogP contribution in [0.1, 0.15) is 34.3 Å². The minimum atomic E-state index is -0.772. The molecule has 0 aliphatic carbocycles. The highest BCUT2D eigenvalue weighted by atomic mass is 35.5. The van der Waals surface area contributed by atoms with Crippen LogP contribution in [0.4, 0.5) is 10.5 Å². The lowest BCUT2D eigenvalue weighted by Gasteiger charge is -2.22. The van der Waals surface area contributed by atoms with E-state index in [0.29, 0.717) is 21.8 Å². The van der Waals surface area contributed by atoms with E-state index in [1.54, 1.807) is 42.5 Å². The van der Waals surface area contributed by atoms with Gasteiger partial charge in [0.15, 0.2) is 0 Å². The third-order valence-electron chi connectivity index (χ3n) is 4.68. The monoisotopic (exact) mass is 428 g/mol. The molecule has 1 fully saturated rings. The number of benzene rings is 2. The fourth-order valence-electron chi connectivity index (χ4n) is 2.98. The van der Waals surface area contributed by atoms with Crippen LogP contribution in [0.2, 0.25) is 5.02 Å². The molecule has 1 atom stereocenters. The van der Waals surface area contributed by atoms with Crippen molar-refractivity contribution in [3.8, 4) is 0 Å². The molecule has 0 aromatic heterocycles. The molecule has 156 valence electrons. The van der Waals surface area contributed by atoms with Gasteiger partial charge in [0, 0.05) is 29.2 Å². The molecule has 1 heterocycles. The first-order valence-electron chi connectivity index (χ1n) is 9.37. The maximum atomic E-state index is 12.6. The smallest absolute Gasteiger partial charge is 0.319 e. The number of urea groups is 1. The van der Waals surface area contributed by atoms with Gasteiger partial charge in [-0.1, -0.05) is 35.9 Å². The van der Waals surface area contributed by atoms with E-state index in [1.165, 1.54) is 0 Å². The van der Waals surface area contributed by atoms with Gasteiger partial charge >= 0.3 is 6.03 Å². The first kappa shape index (κ1) is 21.3. The lowest BCUT2D eigenvalue weighted by Crippen LogP contribution is -2.52. The van der Waals surface area contributed by atoms with Crippen molar-refractivity contribution in [2.24, 2.45) is 0 Å². The first-order chi connectivity index (χ1) is 14.3. The van der Waals surface area contributed by atoms with Crippen LogP contribution < -0.4 is 21.3 Å². The van der Waals surface area contributed by atoms with E-state index in [9.17, 15) is 19.2 Å². The number of aryl methyl sites for hydroxylation is 1. The summed E-state index contributed by atoms with van der Waals surface area (Å²) in [5.41, 5.74) is 2.37. The number of carbonyl (C=O) groups is 4. The predicted octanol–water partition coefficient (Wildman–Crippen LogP) is 2.51. The molecule has 4 N–H and O–H groups in total. The molecule has 1 aliphatic rings. The van der Waals surface area contributed by atoms with Gasteiger partial charge in [0.05, 0.1) is 0 Å². The molecular formula is C21H21ClN4O4. The van der Waals surface area contributed by atoms with Crippen LogP contribution in [-0.2, 0) is 16.1 Å². The van der Waals surface area contributed by atoms with Crippen molar-refractivity contribution in [3.63, 3.8) is 0 Å². The second kappa shape index (κ2) is 9.41. The van der Waals surface area contributed by atoms with Gasteiger partial charge in [-0.05, 0) is 42.7 Å². The standard InChI is InChI=1S/C21H21ClN4O4/c1-12-6-7-14(10-16(12)22)24-21(30)23-11-13-4-2-3-5-15(13)19(28)25-17-8-9-18(27)26-20(17)29/h2-7,10,17H,8-9,11H2,1H3,(H,25,28)(H2,23,24,30)(H,26,27,29). The summed E-state index contributed by atoms with van der Waals surface area (Å²) in [5, 5.41) is 10.8. The third-order valence-corrected chi connectivity index (χ3v) is 5.08. The molecule has 0 radical (unpaired) electrons. The average Bonchev–Trinajstić information content (AvgIpc) is 2.71. The zero-order chi connectivity index (χ0) is 21.7. The third kappa shape index (κ3) is 5.36. The molecule has 0 spiro atoms. The molecule has 2 aromatic carbocycles. The summed E-state index contributed by atoms with van der Waals surface area (Å²) in [7, 11) is 0. The summed E-state index contributed by atoms with van der Waals surface area (Å²) >= 11 is 6.06. The summed E-state index contributed by atoms with van der Waals surface area (Å²) in [6.45, 7) is 1.97. The molecule has 1 unspecified atom stereocenters. The van der Waals surface area contributed by atoms with E-state index in [4.69, 9.17) is 11.6 Å². The summed E-state index contributed by atoms with van der Waals surface area (Å²) in [6.07, 6.45) is 0.418. The Bertz CT molecular complexity index is 1010. The van der Waals surface area contributed by atoms with Gasteiger partial charge in [0.1, 0.15) is 6.04 Å². The Balaban J connectivity index is 1.61. The van der Waals surface area contributed by atoms with E-state index >= 15 is 0 Å². The van der Waals surface area contributed by atoms with Gasteiger partial charge in [-0.3, -0.25) is 19.7 Å². The van der Waals surface area contributed by atoms with Crippen LogP contribution in [0.3, 0.4) is 0 Å². The number of piperidine rings is 1. The van der Waals surface area contributed by atoms with Gasteiger partial charge in [0.2, 0.25) is 11.8 Å². The number of carbonyl (C=O) groups excluding carboxylic acids is 4. The van der Waals surface area contributed by atoms with E-state index in [2.05, 4.69) is 21.3 Å². The van der Waals surface area contributed by atoms with Crippen molar-refractivity contribution < 1.29 is 19.2 Å². The summed E-state index contributed by atoms with van der Waals surface area (Å²) in [6, 6.07) is 10.7. The maximum Gasteiger partial charge on any atom is 0.319 e. The van der Waals surface area contributed by atoms with Crippen LogP contribution in [0.5, 0.6) is 0 Å². The lowest BCUT2D eigenvalue weighted by molar-refractivity contribution is -0.134. The summed E-state index contributed by atoms with van der Waals surface area (Å²) < 4.78 is 0. The zero-order valence-electron chi connectivity index (χ0n) is 16.3. The quantitative estimate of drug-likeness (QED) is 0.547. The molecule has 30 heavy (non-hydrogen) atoms. The Hall–Kier alpha value is -3.39. The minimum Gasteiger partial charge on any atom is -0.340 e. The molecule has 9 heteroatoms. The molecule has 8 nitrogen and oxygen atoms in total. The van der Waals surface area contributed by atoms with Crippen LogP contribution in [0.25, 0.3) is 0 Å². The van der Waals surface area contributed by atoms with Crippen molar-refractivity contribution in [2.45, 2.75) is 32.4 Å². The summed E-state index contributed by atoms with van der Waals surface area (Å²) in [4.78, 5) is 48.0. The van der Waals surface area contributed by atoms with Gasteiger partial charge in [-0.15, -0.1) is 0 Å². The largest absolute Gasteiger partial charge is 0.340 e. The number of anilines is 1. The number of hydrogen-bond acceptors (Lipinski definition) is 4. The number of hydrogen-bond donors (Lipinski definition) is 4. The Morgan fingerprint density at radius 1 is 1.17 bits per heavy atom. The highest BCUT2D eigenvalue weighted by molar-refractivity contribution is 6.31. The Kier molecular flexibility index (Phi) is 6.68. The summed E-state index contributed by atoms with van der Waals surface area (Å²) in [5.74, 6) is -1.32. The predicted molar refractivity (Wildman–Crippen MR) is 112 cm³/mol. The number of rotatable bonds is 5. The van der Waals surface area contributed by atoms with Crippen molar-refractivity contribution >= 4 is 41.0 Å². The molecular weight excluding hydrogens is 408 g/mol. The van der Waals surface area contributed by atoms with E-state index in [0.717, 1.165) is 5.56 Å².